The standard InChI is InChI=1S/C23H25B3FN9O3/c1-36-11-28-20(35-36)14-4-3-5-15(19(14)39-2)30-16-10-17(33-34-18(16)21(37)32-23(24,25)26)31-22(38)29-13-8-6-12(27)7-9-13/h3-11H,24-26H2,1-2H3,(H,32,37)(H3,29,30,31,33,38). The number of aryl methyl sites for hydroxylation is 1. The highest BCUT2D eigenvalue weighted by Gasteiger charge is 2.23. The van der Waals surface area contributed by atoms with Crippen molar-refractivity contribution >= 4 is 58.4 Å². The van der Waals surface area contributed by atoms with E-state index >= 15 is 0 Å². The zero-order valence-electron chi connectivity index (χ0n) is 22.0. The smallest absolute Gasteiger partial charge is 0.324 e. The number of rotatable bonds is 8. The van der Waals surface area contributed by atoms with E-state index in [1.807, 2.05) is 29.6 Å². The summed E-state index contributed by atoms with van der Waals surface area (Å²) in [5, 5.41) is 23.1. The summed E-state index contributed by atoms with van der Waals surface area (Å²) >= 11 is 0. The number of carbonyl (C=O) groups excluding carboxylic acids is 2. The summed E-state index contributed by atoms with van der Waals surface area (Å²) < 4.78 is 20.4. The number of amides is 3. The van der Waals surface area contributed by atoms with Crippen molar-refractivity contribution in [2.45, 2.75) is 5.24 Å². The van der Waals surface area contributed by atoms with Crippen LogP contribution >= 0.6 is 0 Å². The summed E-state index contributed by atoms with van der Waals surface area (Å²) in [6, 6.07) is 11.5. The van der Waals surface area contributed by atoms with Crippen molar-refractivity contribution in [2.75, 3.05) is 23.1 Å². The van der Waals surface area contributed by atoms with E-state index in [-0.39, 0.29) is 17.2 Å². The van der Waals surface area contributed by atoms with Gasteiger partial charge in [0.1, 0.15) is 35.7 Å². The van der Waals surface area contributed by atoms with Gasteiger partial charge in [-0.2, -0.15) is 5.10 Å². The first kappa shape index (κ1) is 27.2. The topological polar surface area (TPSA) is 148 Å². The predicted molar refractivity (Wildman–Crippen MR) is 153 cm³/mol. The van der Waals surface area contributed by atoms with Gasteiger partial charge in [0.2, 0.25) is 0 Å². The molecule has 0 aliphatic carbocycles. The minimum Gasteiger partial charge on any atom is -0.494 e. The maximum Gasteiger partial charge on any atom is 0.324 e. The molecule has 16 heteroatoms. The number of hydrogen-bond donors (Lipinski definition) is 4. The van der Waals surface area contributed by atoms with Crippen LogP contribution < -0.4 is 26.0 Å². The van der Waals surface area contributed by atoms with E-state index in [4.69, 9.17) is 4.74 Å². The van der Waals surface area contributed by atoms with Gasteiger partial charge in [0.05, 0.1) is 24.0 Å². The van der Waals surface area contributed by atoms with Crippen LogP contribution in [0, 0.1) is 5.82 Å². The number of hydrogen-bond acceptors (Lipinski definition) is 8. The first-order valence-corrected chi connectivity index (χ1v) is 11.9. The van der Waals surface area contributed by atoms with Gasteiger partial charge in [-0.05, 0) is 41.6 Å². The Kier molecular flexibility index (Phi) is 7.84. The Morgan fingerprint density at radius 3 is 2.41 bits per heavy atom. The van der Waals surface area contributed by atoms with Crippen LogP contribution in [0.15, 0.2) is 54.9 Å². The molecule has 0 unspecified atom stereocenters. The SMILES string of the molecule is BC(B)(B)NC(=O)c1nnc(NC(=O)Nc2ccc(F)cc2)cc1Nc1cccc(-c2ncn(C)n2)c1OC. The fourth-order valence-electron chi connectivity index (χ4n) is 3.57. The number of anilines is 4. The van der Waals surface area contributed by atoms with Crippen molar-refractivity contribution in [1.29, 1.82) is 0 Å². The van der Waals surface area contributed by atoms with Crippen LogP contribution in [0.1, 0.15) is 10.5 Å². The van der Waals surface area contributed by atoms with Crippen LogP contribution in [0.3, 0.4) is 0 Å². The summed E-state index contributed by atoms with van der Waals surface area (Å²) in [5.74, 6) is 0.0554. The molecule has 4 rings (SSSR count). The van der Waals surface area contributed by atoms with Gasteiger partial charge in [0.25, 0.3) is 5.91 Å². The summed E-state index contributed by atoms with van der Waals surface area (Å²) in [6.07, 6.45) is 1.57. The van der Waals surface area contributed by atoms with Gasteiger partial charge in [0, 0.05) is 18.8 Å². The lowest BCUT2D eigenvalue weighted by Gasteiger charge is -2.21. The molecule has 0 fully saturated rings. The molecular weight excluding hydrogens is 502 g/mol. The first-order valence-electron chi connectivity index (χ1n) is 11.9. The fraction of sp³-hybridized carbons (Fsp3) is 0.130. The molecular formula is C23H25B3FN9O3. The molecule has 0 bridgehead atoms. The summed E-state index contributed by atoms with van der Waals surface area (Å²) in [6.45, 7) is 0. The Labute approximate surface area is 226 Å². The van der Waals surface area contributed by atoms with Gasteiger partial charge in [0.15, 0.2) is 23.1 Å². The van der Waals surface area contributed by atoms with E-state index in [1.165, 1.54) is 37.4 Å². The van der Waals surface area contributed by atoms with Crippen LogP contribution in [-0.4, -0.2) is 72.8 Å². The summed E-state index contributed by atoms with van der Waals surface area (Å²) in [4.78, 5) is 29.9. The summed E-state index contributed by atoms with van der Waals surface area (Å²) in [7, 11) is 8.79. The van der Waals surface area contributed by atoms with Gasteiger partial charge in [-0.3, -0.25) is 14.8 Å². The zero-order chi connectivity index (χ0) is 28.2. The van der Waals surface area contributed by atoms with Gasteiger partial charge in [-0.15, -0.1) is 10.2 Å². The van der Waals surface area contributed by atoms with Crippen molar-refractivity contribution in [1.82, 2.24) is 30.3 Å². The number of nitrogens with one attached hydrogen (secondary N) is 4. The number of halogens is 1. The highest BCUT2D eigenvalue weighted by molar-refractivity contribution is 6.60. The number of nitrogens with zero attached hydrogens (tertiary/aromatic N) is 5. The molecule has 3 amide bonds. The molecule has 2 aromatic carbocycles. The van der Waals surface area contributed by atoms with Gasteiger partial charge in [-0.25, -0.2) is 14.2 Å². The molecule has 196 valence electrons. The lowest BCUT2D eigenvalue weighted by atomic mass is 9.49. The van der Waals surface area contributed by atoms with E-state index < -0.39 is 23.0 Å². The normalized spacial score (nSPS) is 10.9. The average molecular weight is 527 g/mol. The molecule has 4 N–H and O–H groups in total. The first-order chi connectivity index (χ1) is 18.5. The number of aromatic nitrogens is 5. The highest BCUT2D eigenvalue weighted by atomic mass is 19.1. The maximum atomic E-state index is 13.2. The Hall–Kier alpha value is -4.88. The molecule has 0 saturated heterocycles. The van der Waals surface area contributed by atoms with Crippen molar-refractivity contribution in [3.8, 4) is 17.1 Å². The molecule has 2 heterocycles. The Morgan fingerprint density at radius 1 is 1.03 bits per heavy atom. The van der Waals surface area contributed by atoms with Crippen LogP contribution in [0.25, 0.3) is 11.4 Å². The van der Waals surface area contributed by atoms with Crippen LogP contribution in [0.4, 0.5) is 32.1 Å². The van der Waals surface area contributed by atoms with E-state index in [2.05, 4.69) is 41.5 Å². The third-order valence-corrected chi connectivity index (χ3v) is 5.17. The van der Waals surface area contributed by atoms with Crippen molar-refractivity contribution in [3.05, 3.63) is 66.4 Å². The number of carbonyl (C=O) groups is 2. The van der Waals surface area contributed by atoms with E-state index in [0.717, 1.165) is 0 Å². The molecule has 2 aromatic heterocycles. The number of para-hydroxylation sites is 1. The molecule has 4 aromatic rings. The van der Waals surface area contributed by atoms with Crippen molar-refractivity contribution in [3.63, 3.8) is 0 Å². The molecule has 12 nitrogen and oxygen atoms in total. The molecule has 0 spiro atoms. The maximum absolute atomic E-state index is 13.2. The lowest BCUT2D eigenvalue weighted by molar-refractivity contribution is 0.0947. The molecule has 0 aliphatic heterocycles. The average Bonchev–Trinajstić information content (AvgIpc) is 3.30. The second kappa shape index (κ2) is 11.2. The molecule has 0 atom stereocenters. The number of benzene rings is 2. The van der Waals surface area contributed by atoms with Crippen molar-refractivity contribution in [2.24, 2.45) is 7.05 Å². The minimum atomic E-state index is -0.630. The quantitative estimate of drug-likeness (QED) is 0.235. The molecule has 39 heavy (non-hydrogen) atoms. The highest BCUT2D eigenvalue weighted by Crippen LogP contribution is 2.37. The second-order valence-corrected chi connectivity index (χ2v) is 9.54. The number of ether oxygens (including phenoxy) is 1. The largest absolute Gasteiger partial charge is 0.494 e. The lowest BCUT2D eigenvalue weighted by Crippen LogP contribution is -2.50. The van der Waals surface area contributed by atoms with Crippen LogP contribution in [0.2, 0.25) is 0 Å². The van der Waals surface area contributed by atoms with E-state index in [0.29, 0.717) is 28.5 Å². The van der Waals surface area contributed by atoms with Crippen molar-refractivity contribution < 1.29 is 18.7 Å². The molecule has 0 radical (unpaired) electrons. The van der Waals surface area contributed by atoms with E-state index in [1.54, 1.807) is 30.2 Å². The zero-order valence-corrected chi connectivity index (χ0v) is 22.0. The monoisotopic (exact) mass is 527 g/mol. The minimum absolute atomic E-state index is 0.00200. The second-order valence-electron chi connectivity index (χ2n) is 9.54. The van der Waals surface area contributed by atoms with Crippen LogP contribution in [-0.2, 0) is 7.05 Å². The molecule has 0 saturated carbocycles. The van der Waals surface area contributed by atoms with Gasteiger partial charge < -0.3 is 20.7 Å². The van der Waals surface area contributed by atoms with E-state index in [9.17, 15) is 14.0 Å². The number of urea groups is 1. The van der Waals surface area contributed by atoms with Crippen LogP contribution in [0.5, 0.6) is 5.75 Å². The Balaban J connectivity index is 1.67. The third-order valence-electron chi connectivity index (χ3n) is 5.17. The van der Waals surface area contributed by atoms with Gasteiger partial charge in [-0.1, -0.05) is 6.07 Å². The Morgan fingerprint density at radius 2 is 1.77 bits per heavy atom. The predicted octanol–water partition coefficient (Wildman–Crippen LogP) is 0.0478. The third kappa shape index (κ3) is 6.91. The summed E-state index contributed by atoms with van der Waals surface area (Å²) in [5.41, 5.74) is 1.77. The fourth-order valence-corrected chi connectivity index (χ4v) is 3.57. The van der Waals surface area contributed by atoms with Gasteiger partial charge >= 0.3 is 6.03 Å². The Bertz CT molecular complexity index is 1510. The molecule has 0 aliphatic rings. The number of methoxy groups -OCH3 is 1.